The van der Waals surface area contributed by atoms with Crippen molar-refractivity contribution in [2.45, 2.75) is 24.8 Å². The van der Waals surface area contributed by atoms with E-state index in [1.807, 2.05) is 38.3 Å². The molecule has 2 aromatic heterocycles. The number of aryl methyl sites for hydroxylation is 1. The number of nitrogens with zero attached hydrogens (tertiary/aromatic N) is 4. The van der Waals surface area contributed by atoms with Gasteiger partial charge in [0.05, 0.1) is 22.9 Å². The highest BCUT2D eigenvalue weighted by Gasteiger charge is 2.14. The lowest BCUT2D eigenvalue weighted by molar-refractivity contribution is 0.628. The fourth-order valence-electron chi connectivity index (χ4n) is 3.13. The molecule has 0 radical (unpaired) electrons. The van der Waals surface area contributed by atoms with Gasteiger partial charge in [-0.05, 0) is 67.6 Å². The minimum absolute atomic E-state index is 0.0755. The Bertz CT molecular complexity index is 1150. The molecule has 0 saturated heterocycles. The molecule has 5 nitrogen and oxygen atoms in total. The summed E-state index contributed by atoms with van der Waals surface area (Å²) in [6.45, 7) is 3.93. The fraction of sp³-hybridized carbons (Fsp3) is 0.182. The van der Waals surface area contributed by atoms with Crippen LogP contribution in [0.5, 0.6) is 0 Å². The standard InChI is InChI=1S/C22H20FN5S/c1-13-4-9-19(28-27-13)14(2)26-22-18-10-16(15-5-7-17(23)8-6-15)11-20(29-3)21(18)24-12-25-22/h4-12,14H,1-3H3,(H,24,25,26). The minimum Gasteiger partial charge on any atom is -0.361 e. The van der Waals surface area contributed by atoms with E-state index >= 15 is 0 Å². The van der Waals surface area contributed by atoms with Crippen molar-refractivity contribution in [2.24, 2.45) is 0 Å². The average molecular weight is 406 g/mol. The molecular formula is C22H20FN5S. The van der Waals surface area contributed by atoms with E-state index in [4.69, 9.17) is 0 Å². The molecule has 7 heteroatoms. The Morgan fingerprint density at radius 1 is 0.966 bits per heavy atom. The van der Waals surface area contributed by atoms with Crippen LogP contribution in [0.1, 0.15) is 24.4 Å². The zero-order chi connectivity index (χ0) is 20.4. The lowest BCUT2D eigenvalue weighted by Gasteiger charge is -2.16. The Hall–Kier alpha value is -3.06. The molecule has 1 N–H and O–H groups in total. The van der Waals surface area contributed by atoms with E-state index in [1.54, 1.807) is 30.2 Å². The van der Waals surface area contributed by atoms with Crippen LogP contribution in [0, 0.1) is 12.7 Å². The molecule has 0 aliphatic carbocycles. The summed E-state index contributed by atoms with van der Waals surface area (Å²) in [7, 11) is 0. The molecule has 0 fully saturated rings. The number of aromatic nitrogens is 4. The van der Waals surface area contributed by atoms with E-state index in [1.165, 1.54) is 12.1 Å². The smallest absolute Gasteiger partial charge is 0.137 e. The predicted molar refractivity (Wildman–Crippen MR) is 116 cm³/mol. The Morgan fingerprint density at radius 2 is 1.76 bits per heavy atom. The summed E-state index contributed by atoms with van der Waals surface area (Å²) in [5.41, 5.74) is 4.52. The van der Waals surface area contributed by atoms with E-state index in [2.05, 4.69) is 31.5 Å². The number of fused-ring (bicyclic) bond motifs is 1. The maximum atomic E-state index is 13.3. The third kappa shape index (κ3) is 4.05. The zero-order valence-corrected chi connectivity index (χ0v) is 17.2. The molecule has 0 bridgehead atoms. The van der Waals surface area contributed by atoms with Gasteiger partial charge in [-0.1, -0.05) is 12.1 Å². The maximum Gasteiger partial charge on any atom is 0.137 e. The van der Waals surface area contributed by atoms with Gasteiger partial charge in [-0.15, -0.1) is 11.8 Å². The normalized spacial score (nSPS) is 12.1. The molecule has 0 aliphatic heterocycles. The van der Waals surface area contributed by atoms with Crippen LogP contribution in [0.25, 0.3) is 22.0 Å². The topological polar surface area (TPSA) is 63.6 Å². The first-order valence-electron chi connectivity index (χ1n) is 9.20. The average Bonchev–Trinajstić information content (AvgIpc) is 2.74. The summed E-state index contributed by atoms with van der Waals surface area (Å²) in [6.07, 6.45) is 3.58. The highest BCUT2D eigenvalue weighted by Crippen LogP contribution is 2.34. The number of halogens is 1. The minimum atomic E-state index is -0.252. The molecule has 146 valence electrons. The van der Waals surface area contributed by atoms with Crippen LogP contribution in [-0.4, -0.2) is 26.4 Å². The van der Waals surface area contributed by atoms with Crippen molar-refractivity contribution >= 4 is 28.5 Å². The van der Waals surface area contributed by atoms with Crippen molar-refractivity contribution in [1.82, 2.24) is 20.2 Å². The second kappa shape index (κ2) is 8.13. The molecule has 4 aromatic rings. The van der Waals surface area contributed by atoms with Gasteiger partial charge in [-0.3, -0.25) is 0 Å². The van der Waals surface area contributed by atoms with Crippen LogP contribution >= 0.6 is 11.8 Å². The molecule has 29 heavy (non-hydrogen) atoms. The molecule has 0 saturated carbocycles. The van der Waals surface area contributed by atoms with Crippen molar-refractivity contribution < 1.29 is 4.39 Å². The van der Waals surface area contributed by atoms with Gasteiger partial charge in [-0.2, -0.15) is 10.2 Å². The molecule has 4 rings (SSSR count). The second-order valence-electron chi connectivity index (χ2n) is 6.77. The van der Waals surface area contributed by atoms with E-state index in [-0.39, 0.29) is 11.9 Å². The van der Waals surface area contributed by atoms with E-state index in [9.17, 15) is 4.39 Å². The highest BCUT2D eigenvalue weighted by atomic mass is 32.2. The van der Waals surface area contributed by atoms with Gasteiger partial charge in [0.25, 0.3) is 0 Å². The van der Waals surface area contributed by atoms with Crippen LogP contribution in [0.2, 0.25) is 0 Å². The van der Waals surface area contributed by atoms with Gasteiger partial charge in [-0.25, -0.2) is 14.4 Å². The molecule has 1 atom stereocenters. The van der Waals surface area contributed by atoms with Crippen molar-refractivity contribution in [3.63, 3.8) is 0 Å². The number of hydrogen-bond acceptors (Lipinski definition) is 6. The monoisotopic (exact) mass is 405 g/mol. The van der Waals surface area contributed by atoms with Crippen molar-refractivity contribution in [1.29, 1.82) is 0 Å². The van der Waals surface area contributed by atoms with Crippen molar-refractivity contribution in [3.8, 4) is 11.1 Å². The predicted octanol–water partition coefficient (Wildman–Crippen LogP) is 5.43. The number of benzene rings is 2. The number of anilines is 1. The first-order valence-corrected chi connectivity index (χ1v) is 10.4. The summed E-state index contributed by atoms with van der Waals surface area (Å²) >= 11 is 1.62. The maximum absolute atomic E-state index is 13.3. The Kier molecular flexibility index (Phi) is 5.40. The first-order chi connectivity index (χ1) is 14.0. The van der Waals surface area contributed by atoms with Gasteiger partial charge in [0.1, 0.15) is 18.0 Å². The molecule has 1 unspecified atom stereocenters. The highest BCUT2D eigenvalue weighted by molar-refractivity contribution is 7.98. The van der Waals surface area contributed by atoms with Gasteiger partial charge >= 0.3 is 0 Å². The Morgan fingerprint density at radius 3 is 2.45 bits per heavy atom. The second-order valence-corrected chi connectivity index (χ2v) is 7.62. The molecule has 2 heterocycles. The summed E-state index contributed by atoms with van der Waals surface area (Å²) in [6, 6.07) is 14.4. The number of thioether (sulfide) groups is 1. The molecule has 0 aliphatic rings. The number of rotatable bonds is 5. The largest absolute Gasteiger partial charge is 0.361 e. The first kappa shape index (κ1) is 19.3. The lowest BCUT2D eigenvalue weighted by atomic mass is 10.0. The summed E-state index contributed by atoms with van der Waals surface area (Å²) in [5.74, 6) is 0.475. The summed E-state index contributed by atoms with van der Waals surface area (Å²) in [5, 5.41) is 12.7. The van der Waals surface area contributed by atoms with Crippen LogP contribution in [0.4, 0.5) is 10.2 Å². The van der Waals surface area contributed by atoms with Gasteiger partial charge in [0, 0.05) is 10.3 Å². The van der Waals surface area contributed by atoms with E-state index in [0.29, 0.717) is 0 Å². The summed E-state index contributed by atoms with van der Waals surface area (Å²) in [4.78, 5) is 10.0. The third-order valence-electron chi connectivity index (χ3n) is 4.72. The lowest BCUT2D eigenvalue weighted by Crippen LogP contribution is -2.11. The molecule has 2 aromatic carbocycles. The Balaban J connectivity index is 1.78. The van der Waals surface area contributed by atoms with Gasteiger partial charge < -0.3 is 5.32 Å². The number of nitrogens with one attached hydrogen (secondary N) is 1. The van der Waals surface area contributed by atoms with Crippen molar-refractivity contribution in [2.75, 3.05) is 11.6 Å². The van der Waals surface area contributed by atoms with E-state index in [0.717, 1.165) is 44.1 Å². The molecule has 0 amide bonds. The quantitative estimate of drug-likeness (QED) is 0.447. The van der Waals surface area contributed by atoms with Gasteiger partial charge in [0.15, 0.2) is 0 Å². The number of hydrogen-bond donors (Lipinski definition) is 1. The van der Waals surface area contributed by atoms with Crippen LogP contribution in [0.3, 0.4) is 0 Å². The molecular weight excluding hydrogens is 385 g/mol. The zero-order valence-electron chi connectivity index (χ0n) is 16.3. The third-order valence-corrected chi connectivity index (χ3v) is 5.47. The summed E-state index contributed by atoms with van der Waals surface area (Å²) < 4.78 is 13.3. The van der Waals surface area contributed by atoms with Crippen LogP contribution in [-0.2, 0) is 0 Å². The van der Waals surface area contributed by atoms with Crippen LogP contribution < -0.4 is 5.32 Å². The van der Waals surface area contributed by atoms with Gasteiger partial charge in [0.2, 0.25) is 0 Å². The fourth-order valence-corrected chi connectivity index (χ4v) is 3.74. The molecule has 0 spiro atoms. The van der Waals surface area contributed by atoms with E-state index < -0.39 is 0 Å². The Labute approximate surface area is 172 Å². The van der Waals surface area contributed by atoms with Crippen molar-refractivity contribution in [3.05, 3.63) is 72.1 Å². The SMILES string of the molecule is CSc1cc(-c2ccc(F)cc2)cc2c(NC(C)c3ccc(C)nn3)ncnc12. The van der Waals surface area contributed by atoms with Crippen LogP contribution in [0.15, 0.2) is 59.8 Å².